The fraction of sp³-hybridized carbons (Fsp3) is 0.231. The van der Waals surface area contributed by atoms with Crippen LogP contribution in [0.5, 0.6) is 11.5 Å². The number of hydrogen-bond donors (Lipinski definition) is 0. The quantitative estimate of drug-likeness (QED) is 0.754. The van der Waals surface area contributed by atoms with Gasteiger partial charge in [-0.25, -0.2) is 9.97 Å². The lowest BCUT2D eigenvalue weighted by Crippen LogP contribution is -2.23. The third kappa shape index (κ3) is 2.33. The lowest BCUT2D eigenvalue weighted by atomic mass is 10.2. The van der Waals surface area contributed by atoms with Gasteiger partial charge < -0.3 is 9.47 Å². The predicted molar refractivity (Wildman–Crippen MR) is 72.1 cm³/mol. The van der Waals surface area contributed by atoms with E-state index in [2.05, 4.69) is 9.97 Å². The molecule has 1 aliphatic heterocycles. The minimum Gasteiger partial charge on any atom is -0.485 e. The standard InChI is InChI=1S/C13H10Cl2N2O2/c1-7-11(14)16-13(17-12(7)15)10-6-18-8-4-2-3-5-9(8)19-10/h2-5,10H,6H2,1H3. The van der Waals surface area contributed by atoms with Crippen LogP contribution in [-0.2, 0) is 0 Å². The Hall–Kier alpha value is -1.52. The van der Waals surface area contributed by atoms with Crippen molar-refractivity contribution in [3.8, 4) is 11.5 Å². The zero-order valence-corrected chi connectivity index (χ0v) is 11.6. The number of fused-ring (bicyclic) bond motifs is 1. The summed E-state index contributed by atoms with van der Waals surface area (Å²) in [6.45, 7) is 2.09. The zero-order valence-electron chi connectivity index (χ0n) is 10.1. The van der Waals surface area contributed by atoms with Gasteiger partial charge in [0.2, 0.25) is 0 Å². The Kier molecular flexibility index (Phi) is 3.21. The Bertz CT molecular complexity index is 611. The molecule has 0 amide bonds. The molecule has 0 fully saturated rings. The smallest absolute Gasteiger partial charge is 0.192 e. The average molecular weight is 297 g/mol. The largest absolute Gasteiger partial charge is 0.485 e. The van der Waals surface area contributed by atoms with Crippen LogP contribution in [0.3, 0.4) is 0 Å². The maximum absolute atomic E-state index is 6.01. The van der Waals surface area contributed by atoms with Crippen LogP contribution in [0, 0.1) is 6.92 Å². The van der Waals surface area contributed by atoms with Crippen LogP contribution in [0.4, 0.5) is 0 Å². The van der Waals surface area contributed by atoms with E-state index in [0.717, 1.165) is 0 Å². The van der Waals surface area contributed by atoms with Gasteiger partial charge in [-0.2, -0.15) is 0 Å². The van der Waals surface area contributed by atoms with Crippen molar-refractivity contribution in [3.05, 3.63) is 46.0 Å². The average Bonchev–Trinajstić information content (AvgIpc) is 2.43. The number of rotatable bonds is 1. The van der Waals surface area contributed by atoms with Gasteiger partial charge in [0.1, 0.15) is 16.9 Å². The highest BCUT2D eigenvalue weighted by Crippen LogP contribution is 2.35. The SMILES string of the molecule is Cc1c(Cl)nc(C2COc3ccccc3O2)nc1Cl. The van der Waals surface area contributed by atoms with Gasteiger partial charge in [0.25, 0.3) is 0 Å². The van der Waals surface area contributed by atoms with Crippen molar-refractivity contribution >= 4 is 23.2 Å². The first-order valence-electron chi connectivity index (χ1n) is 5.73. The molecule has 0 N–H and O–H groups in total. The summed E-state index contributed by atoms with van der Waals surface area (Å²) in [5.41, 5.74) is 0.657. The molecule has 98 valence electrons. The molecule has 6 heteroatoms. The van der Waals surface area contributed by atoms with Crippen molar-refractivity contribution in [1.29, 1.82) is 0 Å². The number of aromatic nitrogens is 2. The van der Waals surface area contributed by atoms with E-state index in [4.69, 9.17) is 32.7 Å². The van der Waals surface area contributed by atoms with Crippen LogP contribution in [0.25, 0.3) is 0 Å². The van der Waals surface area contributed by atoms with Crippen molar-refractivity contribution in [2.45, 2.75) is 13.0 Å². The van der Waals surface area contributed by atoms with E-state index in [9.17, 15) is 0 Å². The Balaban J connectivity index is 1.93. The molecule has 0 radical (unpaired) electrons. The third-order valence-corrected chi connectivity index (χ3v) is 3.58. The molecule has 1 aromatic carbocycles. The molecule has 1 aliphatic rings. The van der Waals surface area contributed by atoms with Crippen LogP contribution in [0.15, 0.2) is 24.3 Å². The molecule has 2 heterocycles. The lowest BCUT2D eigenvalue weighted by Gasteiger charge is -2.25. The van der Waals surface area contributed by atoms with Gasteiger partial charge in [-0.3, -0.25) is 0 Å². The highest BCUT2D eigenvalue weighted by molar-refractivity contribution is 6.34. The highest BCUT2D eigenvalue weighted by Gasteiger charge is 2.25. The molecular formula is C13H10Cl2N2O2. The maximum Gasteiger partial charge on any atom is 0.192 e. The van der Waals surface area contributed by atoms with Gasteiger partial charge >= 0.3 is 0 Å². The van der Waals surface area contributed by atoms with Gasteiger partial charge in [-0.05, 0) is 19.1 Å². The van der Waals surface area contributed by atoms with E-state index < -0.39 is 6.10 Å². The lowest BCUT2D eigenvalue weighted by molar-refractivity contribution is 0.0850. The van der Waals surface area contributed by atoms with Crippen molar-refractivity contribution < 1.29 is 9.47 Å². The Morgan fingerprint density at radius 1 is 1.11 bits per heavy atom. The first kappa shape index (κ1) is 12.5. The molecule has 1 unspecified atom stereocenters. The molecule has 2 aromatic rings. The third-order valence-electron chi connectivity index (χ3n) is 2.84. The molecule has 1 atom stereocenters. The van der Waals surface area contributed by atoms with Gasteiger partial charge in [-0.1, -0.05) is 35.3 Å². The number of ether oxygens (including phenoxy) is 2. The normalized spacial score (nSPS) is 17.3. The molecule has 3 rings (SSSR count). The second kappa shape index (κ2) is 4.87. The van der Waals surface area contributed by atoms with Crippen molar-refractivity contribution in [1.82, 2.24) is 9.97 Å². The van der Waals surface area contributed by atoms with Crippen LogP contribution in [0.2, 0.25) is 10.3 Å². The van der Waals surface area contributed by atoms with E-state index in [1.165, 1.54) is 0 Å². The summed E-state index contributed by atoms with van der Waals surface area (Å²) in [5, 5.41) is 0.662. The molecule has 1 aromatic heterocycles. The summed E-state index contributed by atoms with van der Waals surface area (Å²) in [6.07, 6.45) is -0.412. The molecule has 0 aliphatic carbocycles. The predicted octanol–water partition coefficient (Wildman–Crippen LogP) is 3.60. The summed E-state index contributed by atoms with van der Waals surface area (Å²) in [5.74, 6) is 1.80. The Labute approximate surface area is 120 Å². The van der Waals surface area contributed by atoms with Gasteiger partial charge in [-0.15, -0.1) is 0 Å². The van der Waals surface area contributed by atoms with E-state index >= 15 is 0 Å². The van der Waals surface area contributed by atoms with Gasteiger partial charge in [0.05, 0.1) is 0 Å². The summed E-state index contributed by atoms with van der Waals surface area (Å²) in [6, 6.07) is 7.44. The number of hydrogen-bond acceptors (Lipinski definition) is 4. The van der Waals surface area contributed by atoms with Crippen LogP contribution >= 0.6 is 23.2 Å². The monoisotopic (exact) mass is 296 g/mol. The molecule has 0 saturated heterocycles. The summed E-state index contributed by atoms with van der Waals surface area (Å²) in [4.78, 5) is 8.39. The fourth-order valence-electron chi connectivity index (χ4n) is 1.77. The summed E-state index contributed by atoms with van der Waals surface area (Å²) in [7, 11) is 0. The second-order valence-corrected chi connectivity index (χ2v) is 4.87. The molecule has 19 heavy (non-hydrogen) atoms. The van der Waals surface area contributed by atoms with Crippen LogP contribution in [0.1, 0.15) is 17.5 Å². The van der Waals surface area contributed by atoms with E-state index in [1.54, 1.807) is 6.92 Å². The second-order valence-electron chi connectivity index (χ2n) is 4.15. The minimum atomic E-state index is -0.412. The minimum absolute atomic E-state index is 0.326. The number of benzene rings is 1. The van der Waals surface area contributed by atoms with Crippen LogP contribution < -0.4 is 9.47 Å². The van der Waals surface area contributed by atoms with Crippen LogP contribution in [-0.4, -0.2) is 16.6 Å². The van der Waals surface area contributed by atoms with E-state index in [1.807, 2.05) is 24.3 Å². The molecular weight excluding hydrogens is 287 g/mol. The Morgan fingerprint density at radius 2 is 1.74 bits per heavy atom. The maximum atomic E-state index is 6.01. The highest BCUT2D eigenvalue weighted by atomic mass is 35.5. The molecule has 0 saturated carbocycles. The van der Waals surface area contributed by atoms with Crippen molar-refractivity contribution in [3.63, 3.8) is 0 Å². The van der Waals surface area contributed by atoms with E-state index in [0.29, 0.717) is 39.8 Å². The molecule has 0 spiro atoms. The number of nitrogens with zero attached hydrogens (tertiary/aromatic N) is 2. The molecule has 0 bridgehead atoms. The Morgan fingerprint density at radius 3 is 2.42 bits per heavy atom. The molecule has 4 nitrogen and oxygen atoms in total. The topological polar surface area (TPSA) is 44.2 Å². The number of halogens is 2. The fourth-order valence-corrected chi connectivity index (χ4v) is 2.17. The van der Waals surface area contributed by atoms with Gasteiger partial charge in [0.15, 0.2) is 23.4 Å². The van der Waals surface area contributed by atoms with Crippen molar-refractivity contribution in [2.75, 3.05) is 6.61 Å². The summed E-state index contributed by atoms with van der Waals surface area (Å²) >= 11 is 12.0. The van der Waals surface area contributed by atoms with Crippen molar-refractivity contribution in [2.24, 2.45) is 0 Å². The zero-order chi connectivity index (χ0) is 13.4. The summed E-state index contributed by atoms with van der Waals surface area (Å²) < 4.78 is 11.4. The number of para-hydroxylation sites is 2. The van der Waals surface area contributed by atoms with E-state index in [-0.39, 0.29) is 0 Å². The first-order chi connectivity index (χ1) is 9.15. The van der Waals surface area contributed by atoms with Gasteiger partial charge in [0, 0.05) is 5.56 Å². The first-order valence-corrected chi connectivity index (χ1v) is 6.49.